The quantitative estimate of drug-likeness (QED) is 0.487. The average molecular weight is 435 g/mol. The lowest BCUT2D eigenvalue weighted by molar-refractivity contribution is -0.126. The minimum Gasteiger partial charge on any atom is -0.497 e. The van der Waals surface area contributed by atoms with Crippen LogP contribution in [0, 0.1) is 0 Å². The molecule has 6 radical (unpaired) electrons. The second-order valence-electron chi connectivity index (χ2n) is 6.66. The standard InChI is InChI=1S/C19H16B3NO7S/c1-27-13-8-12(9-14(10-13)28-2)18(20)16(24)15(17(23)29-18)30-31(25,26)19(21,22)11-6-4-3-5-7-11/h3-10H,23H2,1-2H3/t18-/m0/s1. The van der Waals surface area contributed by atoms with Gasteiger partial charge < -0.3 is 24.1 Å². The molecule has 31 heavy (non-hydrogen) atoms. The number of hydrogen-bond donors (Lipinski definition) is 1. The maximum absolute atomic E-state index is 13.0. The van der Waals surface area contributed by atoms with E-state index in [9.17, 15) is 13.2 Å². The molecule has 0 fully saturated rings. The molecule has 154 valence electrons. The molecule has 0 aliphatic carbocycles. The highest BCUT2D eigenvalue weighted by Crippen LogP contribution is 2.40. The van der Waals surface area contributed by atoms with Crippen molar-refractivity contribution < 1.29 is 31.6 Å². The number of nitrogens with two attached hydrogens (primary N) is 1. The molecular weight excluding hydrogens is 419 g/mol. The van der Waals surface area contributed by atoms with Crippen molar-refractivity contribution in [2.75, 3.05) is 14.2 Å². The lowest BCUT2D eigenvalue weighted by Crippen LogP contribution is -2.40. The fourth-order valence-corrected chi connectivity index (χ4v) is 3.80. The summed E-state index contributed by atoms with van der Waals surface area (Å²) in [6.45, 7) is 0. The summed E-state index contributed by atoms with van der Waals surface area (Å²) in [6, 6.07) is 11.9. The molecule has 0 saturated heterocycles. The van der Waals surface area contributed by atoms with Crippen LogP contribution < -0.4 is 15.2 Å². The van der Waals surface area contributed by atoms with Crippen LogP contribution in [0.2, 0.25) is 0 Å². The Morgan fingerprint density at radius 2 is 1.58 bits per heavy atom. The SMILES string of the molecule is [B]C([B])(c1ccccc1)S(=O)(=O)OC1=C(N)O[C@@]([B])(c2cc(OC)cc(OC)c2)C1=O. The monoisotopic (exact) mass is 435 g/mol. The molecule has 2 aromatic carbocycles. The smallest absolute Gasteiger partial charge is 0.302 e. The van der Waals surface area contributed by atoms with Crippen LogP contribution in [0.25, 0.3) is 0 Å². The molecule has 0 bridgehead atoms. The van der Waals surface area contributed by atoms with Crippen molar-refractivity contribution in [2.45, 2.75) is 10.0 Å². The van der Waals surface area contributed by atoms with Gasteiger partial charge in [-0.2, -0.15) is 8.42 Å². The summed E-state index contributed by atoms with van der Waals surface area (Å²) in [5.41, 5.74) is 3.65. The molecule has 2 N–H and O–H groups in total. The number of ketones is 1. The van der Waals surface area contributed by atoms with Gasteiger partial charge in [0.25, 0.3) is 0 Å². The Kier molecular flexibility index (Phi) is 5.79. The highest BCUT2D eigenvalue weighted by atomic mass is 32.2. The Bertz CT molecular complexity index is 1130. The van der Waals surface area contributed by atoms with E-state index in [-0.39, 0.29) is 11.1 Å². The number of hydrogen-bond acceptors (Lipinski definition) is 8. The van der Waals surface area contributed by atoms with Crippen molar-refractivity contribution in [1.82, 2.24) is 0 Å². The zero-order valence-electron chi connectivity index (χ0n) is 16.7. The minimum absolute atomic E-state index is 0.0251. The molecule has 1 atom stereocenters. The summed E-state index contributed by atoms with van der Waals surface area (Å²) in [4.78, 5) is 13.0. The fraction of sp³-hybridized carbons (Fsp3) is 0.211. The van der Waals surface area contributed by atoms with E-state index in [1.54, 1.807) is 12.1 Å². The molecule has 1 aliphatic rings. The van der Waals surface area contributed by atoms with Gasteiger partial charge in [0.05, 0.1) is 34.5 Å². The third-order valence-electron chi connectivity index (χ3n) is 4.65. The van der Waals surface area contributed by atoms with E-state index >= 15 is 0 Å². The molecule has 2 aromatic rings. The molecule has 0 amide bonds. The minimum atomic E-state index is -4.81. The van der Waals surface area contributed by atoms with Crippen molar-refractivity contribution in [2.24, 2.45) is 5.73 Å². The molecule has 0 aromatic heterocycles. The van der Waals surface area contributed by atoms with Crippen LogP contribution in [0.4, 0.5) is 0 Å². The molecular formula is C19H16B3NO7S. The van der Waals surface area contributed by atoms with E-state index < -0.39 is 37.6 Å². The van der Waals surface area contributed by atoms with Crippen molar-refractivity contribution >= 4 is 39.4 Å². The van der Waals surface area contributed by atoms with E-state index in [2.05, 4.69) is 0 Å². The summed E-state index contributed by atoms with van der Waals surface area (Å²) in [7, 11) is 15.8. The van der Waals surface area contributed by atoms with Gasteiger partial charge in [0.15, 0.2) is 5.50 Å². The third-order valence-corrected chi connectivity index (χ3v) is 6.10. The van der Waals surface area contributed by atoms with E-state index in [4.69, 9.17) is 47.7 Å². The van der Waals surface area contributed by atoms with E-state index in [0.717, 1.165) is 0 Å². The Hall–Kier alpha value is -3.01. The number of ether oxygens (including phenoxy) is 3. The lowest BCUT2D eigenvalue weighted by Gasteiger charge is -2.26. The van der Waals surface area contributed by atoms with Crippen molar-refractivity contribution in [1.29, 1.82) is 0 Å². The maximum atomic E-state index is 13.0. The van der Waals surface area contributed by atoms with Crippen LogP contribution in [0.5, 0.6) is 11.5 Å². The number of benzene rings is 2. The molecule has 8 nitrogen and oxygen atoms in total. The van der Waals surface area contributed by atoms with Gasteiger partial charge in [0, 0.05) is 11.6 Å². The van der Waals surface area contributed by atoms with Gasteiger partial charge in [-0.15, -0.1) is 0 Å². The van der Waals surface area contributed by atoms with Crippen molar-refractivity contribution in [3.05, 3.63) is 71.3 Å². The van der Waals surface area contributed by atoms with Gasteiger partial charge >= 0.3 is 10.1 Å². The Morgan fingerprint density at radius 1 is 1.03 bits per heavy atom. The van der Waals surface area contributed by atoms with E-state index in [0.29, 0.717) is 11.5 Å². The summed E-state index contributed by atoms with van der Waals surface area (Å²) in [5, 5.41) is 0. The number of Topliss-reactive ketones (excluding diaryl/α,β-unsaturated/α-hetero) is 1. The molecule has 1 heterocycles. The Balaban J connectivity index is 1.96. The predicted molar refractivity (Wildman–Crippen MR) is 114 cm³/mol. The van der Waals surface area contributed by atoms with Gasteiger partial charge in [0.1, 0.15) is 19.3 Å². The lowest BCUT2D eigenvalue weighted by atomic mass is 9.65. The van der Waals surface area contributed by atoms with Gasteiger partial charge in [-0.25, -0.2) is 0 Å². The molecule has 0 saturated carbocycles. The largest absolute Gasteiger partial charge is 0.497 e. The number of methoxy groups -OCH3 is 2. The second kappa shape index (κ2) is 7.92. The van der Waals surface area contributed by atoms with Gasteiger partial charge in [-0.3, -0.25) is 4.79 Å². The molecule has 3 rings (SSSR count). The summed E-state index contributed by atoms with van der Waals surface area (Å²) < 4.78 is 43.7. The Morgan fingerprint density at radius 3 is 2.10 bits per heavy atom. The van der Waals surface area contributed by atoms with Crippen LogP contribution in [0.15, 0.2) is 60.2 Å². The first kappa shape index (κ1) is 22.7. The van der Waals surface area contributed by atoms with Crippen LogP contribution in [-0.4, -0.2) is 52.0 Å². The van der Waals surface area contributed by atoms with E-state index in [1.165, 1.54) is 50.6 Å². The first-order valence-corrected chi connectivity index (χ1v) is 10.2. The van der Waals surface area contributed by atoms with Gasteiger partial charge in [-0.05, 0) is 17.7 Å². The maximum Gasteiger partial charge on any atom is 0.302 e. The predicted octanol–water partition coefficient (Wildman–Crippen LogP) is 0.246. The zero-order valence-corrected chi connectivity index (χ0v) is 17.5. The van der Waals surface area contributed by atoms with Crippen LogP contribution in [0.1, 0.15) is 11.1 Å². The highest BCUT2D eigenvalue weighted by Gasteiger charge is 2.50. The van der Waals surface area contributed by atoms with Gasteiger partial charge in [-0.1, -0.05) is 30.3 Å². The van der Waals surface area contributed by atoms with Crippen molar-refractivity contribution in [3.63, 3.8) is 0 Å². The second-order valence-corrected chi connectivity index (χ2v) is 8.41. The van der Waals surface area contributed by atoms with Crippen LogP contribution in [0.3, 0.4) is 0 Å². The molecule has 1 aliphatic heterocycles. The zero-order chi connectivity index (χ0) is 23.0. The van der Waals surface area contributed by atoms with Gasteiger partial charge in [0.2, 0.25) is 17.4 Å². The average Bonchev–Trinajstić information content (AvgIpc) is 2.97. The summed E-state index contributed by atoms with van der Waals surface area (Å²) in [6.07, 6.45) is 0. The Labute approximate surface area is 184 Å². The summed E-state index contributed by atoms with van der Waals surface area (Å²) in [5.74, 6) is -1.94. The number of carbonyl (C=O) groups excluding carboxylic acids is 1. The van der Waals surface area contributed by atoms with Crippen LogP contribution >= 0.6 is 0 Å². The first-order valence-electron chi connectivity index (χ1n) is 8.79. The van der Waals surface area contributed by atoms with Crippen LogP contribution in [-0.2, 0) is 33.9 Å². The molecule has 0 unspecified atom stereocenters. The topological polar surface area (TPSA) is 114 Å². The van der Waals surface area contributed by atoms with Crippen molar-refractivity contribution in [3.8, 4) is 11.5 Å². The highest BCUT2D eigenvalue weighted by molar-refractivity contribution is 7.90. The third kappa shape index (κ3) is 3.87. The van der Waals surface area contributed by atoms with E-state index in [1.807, 2.05) is 0 Å². The first-order chi connectivity index (χ1) is 14.5. The molecule has 0 spiro atoms. The summed E-state index contributed by atoms with van der Waals surface area (Å²) >= 11 is 0. The number of rotatable bonds is 7. The number of carbonyl (C=O) groups is 1. The molecule has 12 heteroatoms. The fourth-order valence-electron chi connectivity index (χ4n) is 2.86. The normalized spacial score (nSPS) is 19.1.